The zero-order valence-electron chi connectivity index (χ0n) is 24.4. The van der Waals surface area contributed by atoms with E-state index < -0.39 is 0 Å². The number of hydrogen-bond donors (Lipinski definition) is 0. The smallest absolute Gasteiger partial charge is 0.0250 e. The molecule has 0 nitrogen and oxygen atoms in total. The van der Waals surface area contributed by atoms with Crippen molar-refractivity contribution in [3.8, 4) is 0 Å². The minimum atomic E-state index is 1.02. The van der Waals surface area contributed by atoms with Crippen molar-refractivity contribution in [3.05, 3.63) is 94.7 Å². The van der Waals surface area contributed by atoms with Crippen LogP contribution in [0.1, 0.15) is 126 Å². The molecule has 0 aliphatic heterocycles. The zero-order chi connectivity index (χ0) is 26.5. The summed E-state index contributed by atoms with van der Waals surface area (Å²) >= 11 is 0. The van der Waals surface area contributed by atoms with E-state index in [4.69, 9.17) is 0 Å². The first-order valence-corrected chi connectivity index (χ1v) is 13.9. The van der Waals surface area contributed by atoms with E-state index in [1.54, 1.807) is 0 Å². The predicted octanol–water partition coefficient (Wildman–Crippen LogP) is 12.1. The van der Waals surface area contributed by atoms with Gasteiger partial charge in [-0.3, -0.25) is 0 Å². The van der Waals surface area contributed by atoms with Crippen molar-refractivity contribution in [2.45, 2.75) is 126 Å². The Labute approximate surface area is 220 Å². The van der Waals surface area contributed by atoms with Gasteiger partial charge in [0.1, 0.15) is 0 Å². The number of allylic oxidation sites excluding steroid dienone is 14. The second-order valence-electron chi connectivity index (χ2n) is 10.6. The van der Waals surface area contributed by atoms with Crippen LogP contribution < -0.4 is 0 Å². The lowest BCUT2D eigenvalue weighted by Gasteiger charge is -2.04. The van der Waals surface area contributed by atoms with Gasteiger partial charge in [-0.15, -0.1) is 0 Å². The Bertz CT molecular complexity index is 797. The average molecular weight is 477 g/mol. The maximum Gasteiger partial charge on any atom is -0.0250 e. The average Bonchev–Trinajstić information content (AvgIpc) is 2.78. The minimum absolute atomic E-state index is 1.02. The highest BCUT2D eigenvalue weighted by molar-refractivity contribution is 5.13. The van der Waals surface area contributed by atoms with E-state index >= 15 is 0 Å². The van der Waals surface area contributed by atoms with Crippen LogP contribution in [0, 0.1) is 0 Å². The molecule has 0 unspecified atom stereocenters. The summed E-state index contributed by atoms with van der Waals surface area (Å²) in [6.45, 7) is 23.5. The molecule has 0 radical (unpaired) electrons. The standard InChI is InChI=1S/C35H56/c1-10-30(4)18-12-20-32(6)22-14-24-34(8)26-16-28-35(9)27-15-25-33(7)23-13-21-31(5)19-11-17-29(2)3/h10,17,20-21,24-25,28H,1,4,11-16,18-19,22-23,26-27H2,2-3,5-9H3/b31-21+,32-20+,33-25+,34-24+,35-28+. The zero-order valence-corrected chi connectivity index (χ0v) is 24.4. The molecule has 0 amide bonds. The number of hydrogen-bond acceptors (Lipinski definition) is 0. The second-order valence-corrected chi connectivity index (χ2v) is 10.6. The van der Waals surface area contributed by atoms with E-state index in [-0.39, 0.29) is 0 Å². The molecule has 196 valence electrons. The molecule has 0 N–H and O–H groups in total. The second kappa shape index (κ2) is 21.2. The molecule has 0 aromatic heterocycles. The van der Waals surface area contributed by atoms with Gasteiger partial charge in [-0.25, -0.2) is 0 Å². The Morgan fingerprint density at radius 2 is 0.686 bits per heavy atom. The third-order valence-corrected chi connectivity index (χ3v) is 6.46. The van der Waals surface area contributed by atoms with Crippen molar-refractivity contribution in [2.24, 2.45) is 0 Å². The summed E-state index contributed by atoms with van der Waals surface area (Å²) in [5.74, 6) is 0. The summed E-state index contributed by atoms with van der Waals surface area (Å²) in [6, 6.07) is 0. The van der Waals surface area contributed by atoms with E-state index in [1.807, 2.05) is 6.08 Å². The molecule has 0 atom stereocenters. The molecule has 0 aliphatic rings. The molecular weight excluding hydrogens is 420 g/mol. The van der Waals surface area contributed by atoms with Crippen molar-refractivity contribution in [2.75, 3.05) is 0 Å². The summed E-state index contributed by atoms with van der Waals surface area (Å²) in [4.78, 5) is 0. The van der Waals surface area contributed by atoms with Gasteiger partial charge in [0.05, 0.1) is 0 Å². The fraction of sp³-hybridized carbons (Fsp3) is 0.543. The van der Waals surface area contributed by atoms with Gasteiger partial charge in [-0.1, -0.05) is 94.7 Å². The van der Waals surface area contributed by atoms with Crippen LogP contribution in [0.5, 0.6) is 0 Å². The summed E-state index contributed by atoms with van der Waals surface area (Å²) in [7, 11) is 0. The van der Waals surface area contributed by atoms with E-state index in [2.05, 4.69) is 98.1 Å². The minimum Gasteiger partial charge on any atom is -0.0988 e. The summed E-state index contributed by atoms with van der Waals surface area (Å²) < 4.78 is 0. The SMILES string of the molecule is C=CC(=C)CC/C=C(\C)CC/C=C(\C)CC/C=C(\C)CC/C=C(\C)CC/C=C(\C)CCC=C(C)C. The summed E-state index contributed by atoms with van der Waals surface area (Å²) in [5, 5.41) is 0. The molecule has 0 heteroatoms. The van der Waals surface area contributed by atoms with Crippen molar-refractivity contribution in [3.63, 3.8) is 0 Å². The van der Waals surface area contributed by atoms with E-state index in [9.17, 15) is 0 Å². The molecule has 0 saturated carbocycles. The Kier molecular flexibility index (Phi) is 20.0. The molecule has 0 fully saturated rings. The molecular formula is C35H56. The van der Waals surface area contributed by atoms with Crippen molar-refractivity contribution in [1.29, 1.82) is 0 Å². The van der Waals surface area contributed by atoms with Crippen LogP contribution in [0.3, 0.4) is 0 Å². The number of rotatable bonds is 19. The van der Waals surface area contributed by atoms with Crippen LogP contribution >= 0.6 is 0 Å². The van der Waals surface area contributed by atoms with Crippen LogP contribution in [-0.2, 0) is 0 Å². The van der Waals surface area contributed by atoms with Crippen LogP contribution in [0.25, 0.3) is 0 Å². The highest BCUT2D eigenvalue weighted by Gasteiger charge is 1.96. The van der Waals surface area contributed by atoms with Crippen molar-refractivity contribution < 1.29 is 0 Å². The molecule has 0 aromatic rings. The molecule has 0 saturated heterocycles. The molecule has 0 spiro atoms. The summed E-state index contributed by atoms with van der Waals surface area (Å²) in [5.41, 5.74) is 10.1. The van der Waals surface area contributed by atoms with Gasteiger partial charge in [0.2, 0.25) is 0 Å². The van der Waals surface area contributed by atoms with Crippen molar-refractivity contribution in [1.82, 2.24) is 0 Å². The lowest BCUT2D eigenvalue weighted by molar-refractivity contribution is 0.884. The quantitative estimate of drug-likeness (QED) is 0.128. The summed E-state index contributed by atoms with van der Waals surface area (Å²) in [6.07, 6.45) is 30.1. The predicted molar refractivity (Wildman–Crippen MR) is 163 cm³/mol. The maximum absolute atomic E-state index is 3.98. The first kappa shape index (κ1) is 32.9. The van der Waals surface area contributed by atoms with Crippen LogP contribution in [0.2, 0.25) is 0 Å². The van der Waals surface area contributed by atoms with E-state index in [0.717, 1.165) is 44.1 Å². The highest BCUT2D eigenvalue weighted by Crippen LogP contribution is 2.16. The Morgan fingerprint density at radius 1 is 0.429 bits per heavy atom. The molecule has 0 aromatic carbocycles. The maximum atomic E-state index is 3.98. The molecule has 0 heterocycles. The monoisotopic (exact) mass is 476 g/mol. The molecule has 35 heavy (non-hydrogen) atoms. The normalized spacial score (nSPS) is 13.7. The van der Waals surface area contributed by atoms with Gasteiger partial charge in [0.25, 0.3) is 0 Å². The molecule has 0 aliphatic carbocycles. The van der Waals surface area contributed by atoms with E-state index in [0.29, 0.717) is 0 Å². The van der Waals surface area contributed by atoms with Crippen LogP contribution in [0.15, 0.2) is 94.7 Å². The third kappa shape index (κ3) is 22.1. The Balaban J connectivity index is 4.13. The Morgan fingerprint density at radius 3 is 0.943 bits per heavy atom. The Hall–Kier alpha value is -2.08. The van der Waals surface area contributed by atoms with Crippen LogP contribution in [-0.4, -0.2) is 0 Å². The van der Waals surface area contributed by atoms with Crippen LogP contribution in [0.4, 0.5) is 0 Å². The van der Waals surface area contributed by atoms with Gasteiger partial charge in [-0.05, 0) is 126 Å². The van der Waals surface area contributed by atoms with Gasteiger partial charge in [-0.2, -0.15) is 0 Å². The first-order valence-electron chi connectivity index (χ1n) is 13.9. The van der Waals surface area contributed by atoms with Gasteiger partial charge < -0.3 is 0 Å². The third-order valence-electron chi connectivity index (χ3n) is 6.46. The van der Waals surface area contributed by atoms with E-state index in [1.165, 1.54) is 72.0 Å². The first-order chi connectivity index (χ1) is 16.6. The lowest BCUT2D eigenvalue weighted by Crippen LogP contribution is -1.83. The lowest BCUT2D eigenvalue weighted by atomic mass is 10.0. The van der Waals surface area contributed by atoms with Crippen molar-refractivity contribution >= 4 is 0 Å². The topological polar surface area (TPSA) is 0 Å². The largest absolute Gasteiger partial charge is 0.0988 e. The van der Waals surface area contributed by atoms with Gasteiger partial charge in [0.15, 0.2) is 0 Å². The van der Waals surface area contributed by atoms with Gasteiger partial charge in [0, 0.05) is 0 Å². The fourth-order valence-electron chi connectivity index (χ4n) is 3.89. The fourth-order valence-corrected chi connectivity index (χ4v) is 3.89. The molecule has 0 bridgehead atoms. The van der Waals surface area contributed by atoms with Gasteiger partial charge >= 0.3 is 0 Å². The highest BCUT2D eigenvalue weighted by atomic mass is 14.0. The molecule has 0 rings (SSSR count).